The van der Waals surface area contributed by atoms with E-state index in [4.69, 9.17) is 9.84 Å². The number of aromatic nitrogens is 1. The van der Waals surface area contributed by atoms with Gasteiger partial charge in [0.1, 0.15) is 11.3 Å². The Morgan fingerprint density at radius 2 is 1.96 bits per heavy atom. The van der Waals surface area contributed by atoms with E-state index in [-0.39, 0.29) is 17.4 Å². The lowest BCUT2D eigenvalue weighted by atomic mass is 9.96. The van der Waals surface area contributed by atoms with Crippen LogP contribution in [0.25, 0.3) is 0 Å². The van der Waals surface area contributed by atoms with Crippen molar-refractivity contribution < 1.29 is 28.2 Å². The second-order valence-electron chi connectivity index (χ2n) is 6.07. The summed E-state index contributed by atoms with van der Waals surface area (Å²) in [5, 5.41) is 18.6. The van der Waals surface area contributed by atoms with Gasteiger partial charge in [-0.3, -0.25) is 4.98 Å². The second-order valence-corrected chi connectivity index (χ2v) is 7.78. The number of carboxylic acid groups (broad SMARTS) is 1. The van der Waals surface area contributed by atoms with Crippen LogP contribution in [-0.4, -0.2) is 48.8 Å². The van der Waals surface area contributed by atoms with Crippen molar-refractivity contribution in [2.75, 3.05) is 13.2 Å². The Morgan fingerprint density at radius 3 is 2.65 bits per heavy atom. The molecule has 0 bridgehead atoms. The molecule has 3 rings (SSSR count). The summed E-state index contributed by atoms with van der Waals surface area (Å²) < 4.78 is 33.3. The molecule has 3 N–H and O–H groups in total. The van der Waals surface area contributed by atoms with Crippen LogP contribution >= 0.6 is 0 Å². The molecule has 2 heterocycles. The first kappa shape index (κ1) is 18.3. The van der Waals surface area contributed by atoms with Crippen molar-refractivity contribution in [2.45, 2.75) is 17.4 Å². The van der Waals surface area contributed by atoms with Crippen molar-refractivity contribution in [3.8, 4) is 5.75 Å². The first-order chi connectivity index (χ1) is 12.4. The third-order valence-electron chi connectivity index (χ3n) is 4.26. The predicted octanol–water partition coefficient (Wildman–Crippen LogP) is 1.02. The first-order valence-corrected chi connectivity index (χ1v) is 9.40. The highest BCUT2D eigenvalue weighted by molar-refractivity contribution is 7.89. The number of phenols is 1. The van der Waals surface area contributed by atoms with E-state index in [0.29, 0.717) is 13.0 Å². The Bertz CT molecular complexity index is 901. The Morgan fingerprint density at radius 1 is 1.23 bits per heavy atom. The van der Waals surface area contributed by atoms with Gasteiger partial charge in [-0.1, -0.05) is 0 Å². The first-order valence-electron chi connectivity index (χ1n) is 7.92. The highest BCUT2D eigenvalue weighted by atomic mass is 32.2. The lowest BCUT2D eigenvalue weighted by Gasteiger charge is -2.19. The third kappa shape index (κ3) is 4.01. The molecule has 1 fully saturated rings. The summed E-state index contributed by atoms with van der Waals surface area (Å²) in [6, 6.07) is 6.45. The Balaban J connectivity index is 1.78. The van der Waals surface area contributed by atoms with Gasteiger partial charge in [-0.15, -0.1) is 0 Å². The monoisotopic (exact) mass is 378 g/mol. The van der Waals surface area contributed by atoms with Gasteiger partial charge in [0.25, 0.3) is 0 Å². The number of sulfonamides is 1. The van der Waals surface area contributed by atoms with Crippen LogP contribution in [0.3, 0.4) is 0 Å². The summed E-state index contributed by atoms with van der Waals surface area (Å²) in [4.78, 5) is 14.8. The van der Waals surface area contributed by atoms with E-state index in [2.05, 4.69) is 9.71 Å². The van der Waals surface area contributed by atoms with Crippen molar-refractivity contribution in [2.24, 2.45) is 5.92 Å². The largest absolute Gasteiger partial charge is 0.507 e. The molecule has 26 heavy (non-hydrogen) atoms. The maximum atomic E-state index is 12.6. The Kier molecular flexibility index (Phi) is 5.21. The molecule has 2 atom stereocenters. The minimum absolute atomic E-state index is 0.0526. The molecule has 1 aromatic carbocycles. The number of nitrogens with zero attached hydrogens (tertiary/aromatic N) is 1. The molecular formula is C17H18N2O6S. The number of rotatable bonds is 6. The number of carbonyl (C=O) groups is 1. The second kappa shape index (κ2) is 7.40. The van der Waals surface area contributed by atoms with Crippen molar-refractivity contribution in [3.05, 3.63) is 53.9 Å². The fourth-order valence-electron chi connectivity index (χ4n) is 2.87. The molecule has 9 heteroatoms. The number of hydrogen-bond donors (Lipinski definition) is 3. The summed E-state index contributed by atoms with van der Waals surface area (Å²) >= 11 is 0. The standard InChI is InChI=1S/C17H18N2O6S/c20-16-2-1-13(8-14(16)17(21)22)26(23,24)19-15-10-25-9-12(15)7-11-3-5-18-6-4-11/h1-6,8,12,15,19-20H,7,9-10H2,(H,21,22). The van der Waals surface area contributed by atoms with Gasteiger partial charge < -0.3 is 14.9 Å². The normalized spacial score (nSPS) is 20.2. The van der Waals surface area contributed by atoms with Gasteiger partial charge in [-0.25, -0.2) is 17.9 Å². The molecule has 0 amide bonds. The summed E-state index contributed by atoms with van der Waals surface area (Å²) in [5.41, 5.74) is 0.557. The number of ether oxygens (including phenoxy) is 1. The molecule has 0 radical (unpaired) electrons. The van der Waals surface area contributed by atoms with Gasteiger partial charge >= 0.3 is 5.97 Å². The van der Waals surface area contributed by atoms with E-state index in [0.717, 1.165) is 23.8 Å². The van der Waals surface area contributed by atoms with E-state index in [1.54, 1.807) is 12.4 Å². The van der Waals surface area contributed by atoms with Gasteiger partial charge in [0.05, 0.1) is 24.2 Å². The quantitative estimate of drug-likeness (QED) is 0.685. The predicted molar refractivity (Wildman–Crippen MR) is 91.4 cm³/mol. The van der Waals surface area contributed by atoms with E-state index in [1.807, 2.05) is 12.1 Å². The molecule has 138 valence electrons. The summed E-state index contributed by atoms with van der Waals surface area (Å²) in [6.07, 6.45) is 3.98. The van der Waals surface area contributed by atoms with Crippen LogP contribution in [0.4, 0.5) is 0 Å². The highest BCUT2D eigenvalue weighted by Gasteiger charge is 2.32. The maximum Gasteiger partial charge on any atom is 0.339 e. The third-order valence-corrected chi connectivity index (χ3v) is 5.75. The number of aromatic carboxylic acids is 1. The molecule has 8 nitrogen and oxygen atoms in total. The average molecular weight is 378 g/mol. The molecular weight excluding hydrogens is 360 g/mol. The van der Waals surface area contributed by atoms with Crippen molar-refractivity contribution >= 4 is 16.0 Å². The molecule has 2 aromatic rings. The van der Waals surface area contributed by atoms with E-state index >= 15 is 0 Å². The van der Waals surface area contributed by atoms with E-state index in [1.165, 1.54) is 0 Å². The van der Waals surface area contributed by atoms with Gasteiger partial charge in [0, 0.05) is 18.3 Å². The number of aromatic hydroxyl groups is 1. The number of hydrogen-bond acceptors (Lipinski definition) is 6. The van der Waals surface area contributed by atoms with Crippen LogP contribution in [0, 0.1) is 5.92 Å². The molecule has 0 aliphatic carbocycles. The van der Waals surface area contributed by atoms with Crippen LogP contribution in [-0.2, 0) is 21.2 Å². The summed E-state index contributed by atoms with van der Waals surface area (Å²) in [6.45, 7) is 0.657. The van der Waals surface area contributed by atoms with E-state index < -0.39 is 33.3 Å². The molecule has 0 spiro atoms. The van der Waals surface area contributed by atoms with Gasteiger partial charge in [0.2, 0.25) is 10.0 Å². The number of carboxylic acids is 1. The zero-order valence-corrected chi connectivity index (χ0v) is 14.5. The van der Waals surface area contributed by atoms with Crippen molar-refractivity contribution in [1.29, 1.82) is 0 Å². The maximum absolute atomic E-state index is 12.6. The lowest BCUT2D eigenvalue weighted by molar-refractivity contribution is 0.0693. The minimum Gasteiger partial charge on any atom is -0.507 e. The average Bonchev–Trinajstić information content (AvgIpc) is 3.02. The fraction of sp³-hybridized carbons (Fsp3) is 0.294. The topological polar surface area (TPSA) is 126 Å². The van der Waals surface area contributed by atoms with Crippen LogP contribution in [0.1, 0.15) is 15.9 Å². The van der Waals surface area contributed by atoms with Gasteiger partial charge in [0.15, 0.2) is 0 Å². The molecule has 1 aliphatic heterocycles. The lowest BCUT2D eigenvalue weighted by Crippen LogP contribution is -2.40. The molecule has 2 unspecified atom stereocenters. The Hall–Kier alpha value is -2.49. The smallest absolute Gasteiger partial charge is 0.339 e. The molecule has 1 aliphatic rings. The van der Waals surface area contributed by atoms with Crippen LogP contribution in [0.2, 0.25) is 0 Å². The number of pyridine rings is 1. The minimum atomic E-state index is -3.96. The SMILES string of the molecule is O=C(O)c1cc(S(=O)(=O)NC2COCC2Cc2ccncc2)ccc1O. The van der Waals surface area contributed by atoms with E-state index in [9.17, 15) is 18.3 Å². The summed E-state index contributed by atoms with van der Waals surface area (Å²) in [7, 11) is -3.96. The van der Waals surface area contributed by atoms with Gasteiger partial charge in [-0.05, 0) is 42.3 Å². The number of benzene rings is 1. The zero-order valence-electron chi connectivity index (χ0n) is 13.7. The van der Waals surface area contributed by atoms with Crippen LogP contribution in [0.15, 0.2) is 47.6 Å². The van der Waals surface area contributed by atoms with Crippen molar-refractivity contribution in [3.63, 3.8) is 0 Å². The van der Waals surface area contributed by atoms with Crippen LogP contribution < -0.4 is 4.72 Å². The highest BCUT2D eigenvalue weighted by Crippen LogP contribution is 2.24. The fourth-order valence-corrected chi connectivity index (χ4v) is 4.19. The summed E-state index contributed by atoms with van der Waals surface area (Å²) in [5.74, 6) is -1.95. The van der Waals surface area contributed by atoms with Crippen molar-refractivity contribution in [1.82, 2.24) is 9.71 Å². The van der Waals surface area contributed by atoms with Gasteiger partial charge in [-0.2, -0.15) is 0 Å². The van der Waals surface area contributed by atoms with Crippen LogP contribution in [0.5, 0.6) is 5.75 Å². The number of nitrogens with one attached hydrogen (secondary N) is 1. The molecule has 1 aromatic heterocycles. The molecule has 0 saturated carbocycles. The molecule has 1 saturated heterocycles. The zero-order chi connectivity index (χ0) is 18.7. The Labute approximate surface area is 150 Å².